The Morgan fingerprint density at radius 3 is 2.14 bits per heavy atom. The van der Waals surface area contributed by atoms with Crippen molar-refractivity contribution in [1.82, 2.24) is 0 Å². The van der Waals surface area contributed by atoms with E-state index in [0.29, 0.717) is 0 Å². The van der Waals surface area contributed by atoms with E-state index in [9.17, 15) is 0 Å². The SMILES string of the molecule is Cc1cc2c3c(c1)N(c1ccccc1)c1cc4c(cc1B3N(c1ccc3c(c1)C(C)(C)CCC3(C)C)c1ccccc1-2)oc1ccccc14. The molecule has 6 aromatic carbocycles. The molecule has 0 unspecified atom stereocenters. The van der Waals surface area contributed by atoms with E-state index in [1.165, 1.54) is 74.3 Å². The van der Waals surface area contributed by atoms with Crippen LogP contribution in [0.4, 0.5) is 28.4 Å². The van der Waals surface area contributed by atoms with Crippen LogP contribution in [0.5, 0.6) is 0 Å². The van der Waals surface area contributed by atoms with Gasteiger partial charge in [-0.3, -0.25) is 0 Å². The Balaban J connectivity index is 1.32. The summed E-state index contributed by atoms with van der Waals surface area (Å²) in [5.41, 5.74) is 17.6. The molecule has 1 aliphatic carbocycles. The maximum atomic E-state index is 6.61. The lowest BCUT2D eigenvalue weighted by Crippen LogP contribution is -2.61. The normalized spacial score (nSPS) is 16.7. The fourth-order valence-electron chi connectivity index (χ4n) is 9.14. The highest BCUT2D eigenvalue weighted by Gasteiger charge is 2.46. The third-order valence-corrected chi connectivity index (χ3v) is 11.7. The first-order chi connectivity index (χ1) is 23.7. The molecule has 238 valence electrons. The Kier molecular flexibility index (Phi) is 5.82. The molecular formula is C45H39BN2O. The zero-order chi connectivity index (χ0) is 33.2. The molecule has 2 aliphatic heterocycles. The lowest BCUT2D eigenvalue weighted by atomic mass is 9.43. The molecule has 0 saturated heterocycles. The molecule has 10 rings (SSSR count). The lowest BCUT2D eigenvalue weighted by Gasteiger charge is -2.47. The molecule has 0 spiro atoms. The Labute approximate surface area is 288 Å². The van der Waals surface area contributed by atoms with E-state index in [-0.39, 0.29) is 17.7 Å². The fraction of sp³-hybridized carbons (Fsp3) is 0.200. The zero-order valence-corrected chi connectivity index (χ0v) is 28.8. The van der Waals surface area contributed by atoms with Crippen molar-refractivity contribution in [2.24, 2.45) is 0 Å². The van der Waals surface area contributed by atoms with E-state index < -0.39 is 0 Å². The van der Waals surface area contributed by atoms with E-state index >= 15 is 0 Å². The average Bonchev–Trinajstić information content (AvgIpc) is 3.47. The van der Waals surface area contributed by atoms with Crippen molar-refractivity contribution in [1.29, 1.82) is 0 Å². The summed E-state index contributed by atoms with van der Waals surface area (Å²) >= 11 is 0. The minimum atomic E-state index is -0.0502. The van der Waals surface area contributed by atoms with Gasteiger partial charge in [0.05, 0.1) is 0 Å². The van der Waals surface area contributed by atoms with Gasteiger partial charge in [-0.05, 0) is 118 Å². The van der Waals surface area contributed by atoms with Crippen molar-refractivity contribution in [3.8, 4) is 11.1 Å². The molecule has 1 aromatic heterocycles. The Morgan fingerprint density at radius 1 is 0.571 bits per heavy atom. The summed E-state index contributed by atoms with van der Waals surface area (Å²) in [6, 6.07) is 45.2. The number of furan rings is 1. The van der Waals surface area contributed by atoms with E-state index in [1.807, 2.05) is 0 Å². The Bertz CT molecular complexity index is 2490. The molecule has 0 N–H and O–H groups in total. The second-order valence-electron chi connectivity index (χ2n) is 15.7. The van der Waals surface area contributed by atoms with Crippen LogP contribution in [0.25, 0.3) is 33.1 Å². The summed E-state index contributed by atoms with van der Waals surface area (Å²) in [7, 11) is 0. The molecular weight excluding hydrogens is 595 g/mol. The molecule has 0 radical (unpaired) electrons. The smallest absolute Gasteiger partial charge is 0.333 e. The Hall–Kier alpha value is -5.22. The third-order valence-electron chi connectivity index (χ3n) is 11.7. The summed E-state index contributed by atoms with van der Waals surface area (Å²) in [5.74, 6) is 0. The second kappa shape index (κ2) is 9.92. The zero-order valence-electron chi connectivity index (χ0n) is 28.8. The molecule has 0 amide bonds. The number of rotatable bonds is 2. The maximum Gasteiger partial charge on any atom is 0.333 e. The van der Waals surface area contributed by atoms with Gasteiger partial charge in [-0.2, -0.15) is 0 Å². The number of hydrogen-bond donors (Lipinski definition) is 0. The number of aryl methyl sites for hydroxylation is 1. The predicted octanol–water partition coefficient (Wildman–Crippen LogP) is 11.0. The van der Waals surface area contributed by atoms with Crippen molar-refractivity contribution in [2.75, 3.05) is 9.71 Å². The van der Waals surface area contributed by atoms with Gasteiger partial charge in [0, 0.05) is 44.8 Å². The van der Waals surface area contributed by atoms with Crippen LogP contribution >= 0.6 is 0 Å². The molecule has 4 heteroatoms. The highest BCUT2D eigenvalue weighted by atomic mass is 16.3. The first kappa shape index (κ1) is 28.8. The van der Waals surface area contributed by atoms with Crippen molar-refractivity contribution < 1.29 is 4.42 Å². The van der Waals surface area contributed by atoms with Crippen molar-refractivity contribution in [3.63, 3.8) is 0 Å². The van der Waals surface area contributed by atoms with Crippen molar-refractivity contribution in [2.45, 2.75) is 58.3 Å². The molecule has 0 bridgehead atoms. The highest BCUT2D eigenvalue weighted by Crippen LogP contribution is 2.51. The molecule has 49 heavy (non-hydrogen) atoms. The molecule has 0 fully saturated rings. The molecule has 0 atom stereocenters. The van der Waals surface area contributed by atoms with Crippen LogP contribution in [-0.4, -0.2) is 6.85 Å². The van der Waals surface area contributed by atoms with Gasteiger partial charge < -0.3 is 14.1 Å². The van der Waals surface area contributed by atoms with Gasteiger partial charge >= 0.3 is 6.85 Å². The summed E-state index contributed by atoms with van der Waals surface area (Å²) in [5, 5.41) is 2.29. The minimum absolute atomic E-state index is 0.0502. The number of nitrogens with zero attached hydrogens (tertiary/aromatic N) is 2. The standard InChI is InChI=1S/C45H39BN2O/c1-28-23-34-31-15-9-11-17-38(31)48(30-19-20-35-36(25-30)45(4,5)22-21-44(35,2)3)46-37-27-42-33(32-16-10-12-18-41(32)49-42)26-39(37)47(40(24-28)43(34)46)29-13-7-6-8-14-29/h6-20,23-27H,21-22H2,1-5H3. The third kappa shape index (κ3) is 4.04. The maximum absolute atomic E-state index is 6.61. The summed E-state index contributed by atoms with van der Waals surface area (Å²) in [4.78, 5) is 5.12. The van der Waals surface area contributed by atoms with Gasteiger partial charge in [-0.15, -0.1) is 0 Å². The molecule has 0 saturated carbocycles. The number of para-hydroxylation sites is 3. The number of anilines is 5. The monoisotopic (exact) mass is 634 g/mol. The average molecular weight is 635 g/mol. The van der Waals surface area contributed by atoms with E-state index in [1.54, 1.807) is 0 Å². The van der Waals surface area contributed by atoms with Crippen LogP contribution in [0, 0.1) is 6.92 Å². The number of fused-ring (bicyclic) bond motifs is 8. The van der Waals surface area contributed by atoms with Gasteiger partial charge in [0.1, 0.15) is 11.2 Å². The van der Waals surface area contributed by atoms with Crippen LogP contribution in [0.2, 0.25) is 0 Å². The predicted molar refractivity (Wildman–Crippen MR) is 207 cm³/mol. The van der Waals surface area contributed by atoms with Crippen molar-refractivity contribution >= 4 is 68.1 Å². The van der Waals surface area contributed by atoms with Gasteiger partial charge in [0.2, 0.25) is 0 Å². The highest BCUT2D eigenvalue weighted by molar-refractivity contribution is 6.93. The quantitative estimate of drug-likeness (QED) is 0.177. The molecule has 7 aromatic rings. The van der Waals surface area contributed by atoms with Crippen LogP contribution in [0.15, 0.2) is 126 Å². The molecule has 3 heterocycles. The summed E-state index contributed by atoms with van der Waals surface area (Å²) in [6.45, 7) is 11.9. The molecule has 3 nitrogen and oxygen atoms in total. The fourth-order valence-corrected chi connectivity index (χ4v) is 9.14. The van der Waals surface area contributed by atoms with E-state index in [0.717, 1.165) is 27.6 Å². The largest absolute Gasteiger partial charge is 0.456 e. The van der Waals surface area contributed by atoms with Gasteiger partial charge in [-0.25, -0.2) is 0 Å². The summed E-state index contributed by atoms with van der Waals surface area (Å²) < 4.78 is 6.61. The van der Waals surface area contributed by atoms with Crippen LogP contribution < -0.4 is 20.6 Å². The lowest BCUT2D eigenvalue weighted by molar-refractivity contribution is 0.332. The van der Waals surface area contributed by atoms with Crippen LogP contribution in [-0.2, 0) is 10.8 Å². The first-order valence-corrected chi connectivity index (χ1v) is 17.7. The van der Waals surface area contributed by atoms with Gasteiger partial charge in [0.25, 0.3) is 0 Å². The van der Waals surface area contributed by atoms with Gasteiger partial charge in [0.15, 0.2) is 0 Å². The topological polar surface area (TPSA) is 19.6 Å². The number of benzene rings is 6. The molecule has 3 aliphatic rings. The first-order valence-electron chi connectivity index (χ1n) is 17.7. The number of hydrogen-bond acceptors (Lipinski definition) is 3. The van der Waals surface area contributed by atoms with Crippen LogP contribution in [0.1, 0.15) is 57.2 Å². The van der Waals surface area contributed by atoms with Crippen LogP contribution in [0.3, 0.4) is 0 Å². The van der Waals surface area contributed by atoms with Gasteiger partial charge in [-0.1, -0.05) is 94.4 Å². The second-order valence-corrected chi connectivity index (χ2v) is 15.7. The van der Waals surface area contributed by atoms with E-state index in [4.69, 9.17) is 4.42 Å². The Morgan fingerprint density at radius 2 is 1.31 bits per heavy atom. The van der Waals surface area contributed by atoms with E-state index in [2.05, 4.69) is 166 Å². The minimum Gasteiger partial charge on any atom is -0.456 e. The summed E-state index contributed by atoms with van der Waals surface area (Å²) in [6.07, 6.45) is 2.38. The van der Waals surface area contributed by atoms with Crippen molar-refractivity contribution in [3.05, 3.63) is 138 Å².